The van der Waals surface area contributed by atoms with Gasteiger partial charge in [-0.05, 0) is 18.6 Å². The second-order valence-corrected chi connectivity index (χ2v) is 5.49. The first-order valence-electron chi connectivity index (χ1n) is 7.07. The fraction of sp³-hybridized carbons (Fsp3) is 0.500. The maximum atomic E-state index is 13.0. The average Bonchev–Trinajstić information content (AvgIpc) is 3.14. The number of aromatic nitrogens is 3. The van der Waals surface area contributed by atoms with E-state index in [1.807, 2.05) is 17.0 Å². The number of carbonyl (C=O) groups is 1. The first kappa shape index (κ1) is 12.7. The van der Waals surface area contributed by atoms with Crippen molar-refractivity contribution in [3.8, 4) is 0 Å². The number of nitrogens with zero attached hydrogens (tertiary/aromatic N) is 4. The van der Waals surface area contributed by atoms with Crippen LogP contribution in [0.25, 0.3) is 5.52 Å². The minimum absolute atomic E-state index is 0.0215. The lowest BCUT2D eigenvalue weighted by Crippen LogP contribution is -2.59. The van der Waals surface area contributed by atoms with Gasteiger partial charge in [0.1, 0.15) is 5.52 Å². The largest absolute Gasteiger partial charge is 0.379 e. The van der Waals surface area contributed by atoms with Crippen LogP contribution in [0.3, 0.4) is 0 Å². The van der Waals surface area contributed by atoms with Crippen molar-refractivity contribution >= 4 is 11.4 Å². The second-order valence-electron chi connectivity index (χ2n) is 5.49. The highest BCUT2D eigenvalue weighted by Gasteiger charge is 2.46. The molecule has 21 heavy (non-hydrogen) atoms. The zero-order valence-electron chi connectivity index (χ0n) is 11.6. The lowest BCUT2D eigenvalue weighted by molar-refractivity contribution is -0.0550. The van der Waals surface area contributed by atoms with Gasteiger partial charge < -0.3 is 14.4 Å². The molecule has 2 aromatic heterocycles. The topological polar surface area (TPSA) is 69.0 Å². The Kier molecular flexibility index (Phi) is 2.90. The highest BCUT2D eigenvalue weighted by atomic mass is 16.5. The Hall–Kier alpha value is -1.99. The van der Waals surface area contributed by atoms with E-state index in [-0.39, 0.29) is 11.4 Å². The van der Waals surface area contributed by atoms with E-state index in [4.69, 9.17) is 9.47 Å². The Bertz CT molecular complexity index is 678. The Morgan fingerprint density at radius 1 is 1.24 bits per heavy atom. The Morgan fingerprint density at radius 2 is 2.10 bits per heavy atom. The van der Waals surface area contributed by atoms with E-state index < -0.39 is 0 Å². The molecule has 2 aromatic rings. The molecule has 1 spiro atoms. The van der Waals surface area contributed by atoms with Gasteiger partial charge >= 0.3 is 0 Å². The Morgan fingerprint density at radius 3 is 2.95 bits per heavy atom. The standard InChI is InChI=1S/C14H16N4O3/c19-13(11-8-16-18-12(11)2-1-4-15-18)17-5-7-21-10-14(17)3-6-20-9-14/h1-2,4,8H,3,5-7,9-10H2. The van der Waals surface area contributed by atoms with Crippen LogP contribution in [-0.4, -0.2) is 64.1 Å². The van der Waals surface area contributed by atoms with Gasteiger partial charge in [0.25, 0.3) is 5.91 Å². The summed E-state index contributed by atoms with van der Waals surface area (Å²) in [5.41, 5.74) is 0.977. The number of hydrogen-bond acceptors (Lipinski definition) is 5. The molecule has 1 atom stereocenters. The average molecular weight is 288 g/mol. The third kappa shape index (κ3) is 1.92. The maximum Gasteiger partial charge on any atom is 0.258 e. The van der Waals surface area contributed by atoms with E-state index in [9.17, 15) is 4.79 Å². The molecule has 0 bridgehead atoms. The van der Waals surface area contributed by atoms with Crippen LogP contribution in [-0.2, 0) is 9.47 Å². The van der Waals surface area contributed by atoms with Crippen LogP contribution in [0.15, 0.2) is 24.5 Å². The zero-order valence-corrected chi connectivity index (χ0v) is 11.6. The highest BCUT2D eigenvalue weighted by molar-refractivity contribution is 6.01. The summed E-state index contributed by atoms with van der Waals surface area (Å²) < 4.78 is 12.6. The molecule has 2 aliphatic heterocycles. The van der Waals surface area contributed by atoms with Crippen LogP contribution >= 0.6 is 0 Å². The van der Waals surface area contributed by atoms with E-state index in [1.54, 1.807) is 12.4 Å². The molecular formula is C14H16N4O3. The second kappa shape index (κ2) is 4.78. The molecule has 0 N–H and O–H groups in total. The number of amides is 1. The Labute approximate surface area is 121 Å². The van der Waals surface area contributed by atoms with E-state index in [2.05, 4.69) is 10.2 Å². The minimum atomic E-state index is -0.328. The highest BCUT2D eigenvalue weighted by Crippen LogP contribution is 2.31. The number of morpholine rings is 1. The molecule has 2 fully saturated rings. The van der Waals surface area contributed by atoms with Crippen LogP contribution < -0.4 is 0 Å². The maximum absolute atomic E-state index is 13.0. The summed E-state index contributed by atoms with van der Waals surface area (Å²) >= 11 is 0. The van der Waals surface area contributed by atoms with Gasteiger partial charge in [0.05, 0.1) is 37.1 Å². The van der Waals surface area contributed by atoms with Gasteiger partial charge in [-0.15, -0.1) is 0 Å². The van der Waals surface area contributed by atoms with Crippen molar-refractivity contribution in [1.82, 2.24) is 19.7 Å². The molecule has 2 aliphatic rings. The summed E-state index contributed by atoms with van der Waals surface area (Å²) in [6.45, 7) is 2.89. The van der Waals surface area contributed by atoms with Gasteiger partial charge in [0.15, 0.2) is 0 Å². The normalized spacial score (nSPS) is 25.8. The number of rotatable bonds is 1. The van der Waals surface area contributed by atoms with Crippen LogP contribution in [0.2, 0.25) is 0 Å². The molecular weight excluding hydrogens is 272 g/mol. The number of fused-ring (bicyclic) bond motifs is 1. The first-order valence-corrected chi connectivity index (χ1v) is 7.07. The predicted octanol–water partition coefficient (Wildman–Crippen LogP) is 0.361. The fourth-order valence-electron chi connectivity index (χ4n) is 3.12. The molecule has 7 nitrogen and oxygen atoms in total. The smallest absolute Gasteiger partial charge is 0.258 e. The molecule has 7 heteroatoms. The summed E-state index contributed by atoms with van der Waals surface area (Å²) in [6, 6.07) is 3.66. The van der Waals surface area contributed by atoms with E-state index >= 15 is 0 Å². The van der Waals surface area contributed by atoms with E-state index in [1.165, 1.54) is 4.63 Å². The SMILES string of the molecule is O=C(c1cnn2ncccc12)N1CCOCC12CCOC2. The van der Waals surface area contributed by atoms with Crippen molar-refractivity contribution in [2.75, 3.05) is 33.0 Å². The number of carbonyl (C=O) groups excluding carboxylic acids is 1. The van der Waals surface area contributed by atoms with Crippen molar-refractivity contribution in [2.24, 2.45) is 0 Å². The van der Waals surface area contributed by atoms with Gasteiger partial charge in [0.2, 0.25) is 0 Å². The fourth-order valence-corrected chi connectivity index (χ4v) is 3.12. The van der Waals surface area contributed by atoms with Gasteiger partial charge in [-0.3, -0.25) is 4.79 Å². The van der Waals surface area contributed by atoms with Crippen molar-refractivity contribution in [1.29, 1.82) is 0 Å². The molecule has 0 saturated carbocycles. The lowest BCUT2D eigenvalue weighted by Gasteiger charge is -2.43. The van der Waals surface area contributed by atoms with Crippen LogP contribution in [0.5, 0.6) is 0 Å². The Balaban J connectivity index is 1.73. The molecule has 1 amide bonds. The molecule has 0 radical (unpaired) electrons. The molecule has 1 unspecified atom stereocenters. The monoisotopic (exact) mass is 288 g/mol. The third-order valence-electron chi connectivity index (χ3n) is 4.26. The van der Waals surface area contributed by atoms with Gasteiger partial charge in [0, 0.05) is 19.3 Å². The first-order chi connectivity index (χ1) is 10.3. The molecule has 110 valence electrons. The minimum Gasteiger partial charge on any atom is -0.379 e. The lowest BCUT2D eigenvalue weighted by atomic mass is 9.95. The van der Waals surface area contributed by atoms with Gasteiger partial charge in [-0.25, -0.2) is 0 Å². The molecule has 0 aromatic carbocycles. The van der Waals surface area contributed by atoms with Crippen molar-refractivity contribution in [3.05, 3.63) is 30.1 Å². The van der Waals surface area contributed by atoms with Gasteiger partial charge in [-0.2, -0.15) is 14.8 Å². The number of ether oxygens (including phenoxy) is 2. The van der Waals surface area contributed by atoms with Crippen LogP contribution in [0, 0.1) is 0 Å². The molecule has 0 aliphatic carbocycles. The quantitative estimate of drug-likeness (QED) is 0.758. The number of hydrogen-bond donors (Lipinski definition) is 0. The van der Waals surface area contributed by atoms with Crippen molar-refractivity contribution < 1.29 is 14.3 Å². The van der Waals surface area contributed by atoms with E-state index in [0.29, 0.717) is 38.5 Å². The van der Waals surface area contributed by atoms with Crippen molar-refractivity contribution in [2.45, 2.75) is 12.0 Å². The molecule has 4 rings (SSSR count). The van der Waals surface area contributed by atoms with Crippen LogP contribution in [0.4, 0.5) is 0 Å². The molecule has 4 heterocycles. The summed E-state index contributed by atoms with van der Waals surface area (Å²) in [7, 11) is 0. The van der Waals surface area contributed by atoms with Crippen LogP contribution in [0.1, 0.15) is 16.8 Å². The van der Waals surface area contributed by atoms with Crippen molar-refractivity contribution in [3.63, 3.8) is 0 Å². The molecule has 2 saturated heterocycles. The predicted molar refractivity (Wildman–Crippen MR) is 73.0 cm³/mol. The summed E-state index contributed by atoms with van der Waals surface area (Å²) in [6.07, 6.45) is 4.05. The third-order valence-corrected chi connectivity index (χ3v) is 4.26. The van der Waals surface area contributed by atoms with Gasteiger partial charge in [-0.1, -0.05) is 0 Å². The summed E-state index contributed by atoms with van der Waals surface area (Å²) in [5.74, 6) is -0.0215. The van der Waals surface area contributed by atoms with E-state index in [0.717, 1.165) is 11.9 Å². The summed E-state index contributed by atoms with van der Waals surface area (Å²) in [5, 5.41) is 8.25. The zero-order chi connectivity index (χ0) is 14.3. The summed E-state index contributed by atoms with van der Waals surface area (Å²) in [4.78, 5) is 14.9.